The molecule has 1 aliphatic rings. The van der Waals surface area contributed by atoms with Gasteiger partial charge in [0.15, 0.2) is 0 Å². The number of hydrogen-bond acceptors (Lipinski definition) is 2. The predicted molar refractivity (Wildman–Crippen MR) is 74.4 cm³/mol. The highest BCUT2D eigenvalue weighted by atomic mass is 32.1. The second-order valence-electron chi connectivity index (χ2n) is 4.60. The number of rotatable bonds is 1. The molecular weight excluding hydrogens is 228 g/mol. The van der Waals surface area contributed by atoms with E-state index in [1.807, 2.05) is 6.07 Å². The molecule has 2 aromatic rings. The number of aromatic nitrogens is 1. The zero-order valence-electron chi connectivity index (χ0n) is 9.79. The Kier molecular flexibility index (Phi) is 2.37. The van der Waals surface area contributed by atoms with E-state index in [9.17, 15) is 0 Å². The lowest BCUT2D eigenvalue weighted by Crippen LogP contribution is -2.14. The molecule has 0 radical (unpaired) electrons. The second-order valence-corrected chi connectivity index (χ2v) is 5.04. The zero-order chi connectivity index (χ0) is 12.0. The maximum Gasteiger partial charge on any atom is 0.105 e. The monoisotopic (exact) mass is 242 g/mol. The number of aryl methyl sites for hydroxylation is 2. The molecule has 1 aliphatic carbocycles. The minimum Gasteiger partial charge on any atom is -0.389 e. The largest absolute Gasteiger partial charge is 0.389 e. The molecule has 3 rings (SSSR count). The van der Waals surface area contributed by atoms with Crippen molar-refractivity contribution in [1.29, 1.82) is 0 Å². The molecule has 0 amide bonds. The van der Waals surface area contributed by atoms with Gasteiger partial charge in [-0.2, -0.15) is 0 Å². The molecule has 1 aromatic heterocycles. The summed E-state index contributed by atoms with van der Waals surface area (Å²) in [5.41, 5.74) is 11.7. The van der Waals surface area contributed by atoms with Gasteiger partial charge in [-0.3, -0.25) is 4.98 Å². The van der Waals surface area contributed by atoms with E-state index in [-0.39, 0.29) is 0 Å². The first kappa shape index (κ1) is 10.7. The van der Waals surface area contributed by atoms with Crippen LogP contribution in [0.4, 0.5) is 0 Å². The Hall–Kier alpha value is -1.48. The van der Waals surface area contributed by atoms with Crippen LogP contribution in [0.25, 0.3) is 10.9 Å². The van der Waals surface area contributed by atoms with Gasteiger partial charge < -0.3 is 5.73 Å². The van der Waals surface area contributed by atoms with Gasteiger partial charge in [0, 0.05) is 16.6 Å². The molecule has 3 heteroatoms. The molecule has 0 spiro atoms. The lowest BCUT2D eigenvalue weighted by Gasteiger charge is -2.12. The molecule has 2 N–H and O–H groups in total. The van der Waals surface area contributed by atoms with Gasteiger partial charge in [0.2, 0.25) is 0 Å². The Morgan fingerprint density at radius 3 is 2.94 bits per heavy atom. The van der Waals surface area contributed by atoms with Crippen LogP contribution in [-0.4, -0.2) is 9.97 Å². The van der Waals surface area contributed by atoms with Crippen molar-refractivity contribution in [2.75, 3.05) is 0 Å². The Bertz CT molecular complexity index is 632. The molecule has 0 aliphatic heterocycles. The van der Waals surface area contributed by atoms with Crippen molar-refractivity contribution in [2.45, 2.75) is 26.2 Å². The maximum atomic E-state index is 5.91. The van der Waals surface area contributed by atoms with Crippen LogP contribution in [0.15, 0.2) is 18.2 Å². The molecular formula is C14H14N2S. The van der Waals surface area contributed by atoms with Crippen molar-refractivity contribution in [3.63, 3.8) is 0 Å². The normalized spacial score (nSPS) is 13.9. The highest BCUT2D eigenvalue weighted by Gasteiger charge is 2.21. The van der Waals surface area contributed by atoms with Crippen molar-refractivity contribution in [2.24, 2.45) is 5.73 Å². The van der Waals surface area contributed by atoms with Gasteiger partial charge >= 0.3 is 0 Å². The first-order chi connectivity index (χ1) is 8.18. The quantitative estimate of drug-likeness (QED) is 0.781. The third kappa shape index (κ3) is 1.53. The number of nitrogens with zero attached hydrogens (tertiary/aromatic N) is 1. The van der Waals surface area contributed by atoms with Gasteiger partial charge in [-0.1, -0.05) is 30.4 Å². The van der Waals surface area contributed by atoms with Crippen LogP contribution < -0.4 is 5.73 Å². The highest BCUT2D eigenvalue weighted by molar-refractivity contribution is 7.80. The average Bonchev–Trinajstić information content (AvgIpc) is 2.74. The Balaban J connectivity index is 2.49. The highest BCUT2D eigenvalue weighted by Crippen LogP contribution is 2.30. The van der Waals surface area contributed by atoms with Crippen molar-refractivity contribution >= 4 is 28.1 Å². The molecule has 17 heavy (non-hydrogen) atoms. The van der Waals surface area contributed by atoms with Crippen molar-refractivity contribution < 1.29 is 0 Å². The van der Waals surface area contributed by atoms with E-state index in [1.54, 1.807) is 0 Å². The summed E-state index contributed by atoms with van der Waals surface area (Å²) in [6, 6.07) is 6.20. The fraction of sp³-hybridized carbons (Fsp3) is 0.286. The first-order valence-electron chi connectivity index (χ1n) is 5.89. The first-order valence-corrected chi connectivity index (χ1v) is 6.30. The molecule has 86 valence electrons. The SMILES string of the molecule is Cc1cccc2c(C(N)=S)c3c(nc12)CCC3. The summed E-state index contributed by atoms with van der Waals surface area (Å²) in [7, 11) is 0. The van der Waals surface area contributed by atoms with Gasteiger partial charge in [0.05, 0.1) is 5.52 Å². The molecule has 2 nitrogen and oxygen atoms in total. The summed E-state index contributed by atoms with van der Waals surface area (Å²) >= 11 is 5.22. The average molecular weight is 242 g/mol. The van der Waals surface area contributed by atoms with Crippen LogP contribution in [0, 0.1) is 6.92 Å². The van der Waals surface area contributed by atoms with Gasteiger partial charge in [-0.15, -0.1) is 0 Å². The lowest BCUT2D eigenvalue weighted by molar-refractivity contribution is 0.901. The van der Waals surface area contributed by atoms with Crippen LogP contribution in [0.2, 0.25) is 0 Å². The molecule has 0 unspecified atom stereocenters. The van der Waals surface area contributed by atoms with Crippen LogP contribution in [-0.2, 0) is 12.8 Å². The third-order valence-corrected chi connectivity index (χ3v) is 3.69. The fourth-order valence-electron chi connectivity index (χ4n) is 2.71. The summed E-state index contributed by atoms with van der Waals surface area (Å²) < 4.78 is 0. The minimum atomic E-state index is 0.501. The van der Waals surface area contributed by atoms with Crippen molar-refractivity contribution in [3.05, 3.63) is 40.6 Å². The summed E-state index contributed by atoms with van der Waals surface area (Å²) in [6.45, 7) is 2.08. The molecule has 1 heterocycles. The maximum absolute atomic E-state index is 5.91. The molecule has 0 bridgehead atoms. The number of fused-ring (bicyclic) bond motifs is 2. The number of hydrogen-bond donors (Lipinski definition) is 1. The molecule has 0 saturated carbocycles. The van der Waals surface area contributed by atoms with E-state index in [0.717, 1.165) is 35.7 Å². The molecule has 1 aromatic carbocycles. The van der Waals surface area contributed by atoms with Crippen LogP contribution in [0.1, 0.15) is 28.8 Å². The standard InChI is InChI=1S/C14H14N2S/c1-8-4-2-6-10-12(14(15)17)9-5-3-7-11(9)16-13(8)10/h2,4,6H,3,5,7H2,1H3,(H2,15,17). The van der Waals surface area contributed by atoms with E-state index < -0.39 is 0 Å². The third-order valence-electron chi connectivity index (χ3n) is 3.49. The van der Waals surface area contributed by atoms with Gasteiger partial charge in [-0.25, -0.2) is 0 Å². The Morgan fingerprint density at radius 1 is 1.35 bits per heavy atom. The Morgan fingerprint density at radius 2 is 2.18 bits per heavy atom. The summed E-state index contributed by atoms with van der Waals surface area (Å²) in [6.07, 6.45) is 3.27. The van der Waals surface area contributed by atoms with E-state index in [0.29, 0.717) is 4.99 Å². The Labute approximate surface area is 106 Å². The number of pyridine rings is 1. The van der Waals surface area contributed by atoms with E-state index in [4.69, 9.17) is 22.9 Å². The predicted octanol–water partition coefficient (Wildman–Crippen LogP) is 2.67. The van der Waals surface area contributed by atoms with Gasteiger partial charge in [0.1, 0.15) is 4.99 Å². The van der Waals surface area contributed by atoms with Gasteiger partial charge in [0.25, 0.3) is 0 Å². The lowest BCUT2D eigenvalue weighted by atomic mass is 9.99. The molecule has 0 atom stereocenters. The molecule has 0 saturated heterocycles. The van der Waals surface area contributed by atoms with Crippen LogP contribution in [0.5, 0.6) is 0 Å². The van der Waals surface area contributed by atoms with Crippen molar-refractivity contribution in [3.8, 4) is 0 Å². The van der Waals surface area contributed by atoms with E-state index in [2.05, 4.69) is 19.1 Å². The molecule has 0 fully saturated rings. The van der Waals surface area contributed by atoms with E-state index >= 15 is 0 Å². The summed E-state index contributed by atoms with van der Waals surface area (Å²) in [5.74, 6) is 0. The van der Waals surface area contributed by atoms with Crippen LogP contribution >= 0.6 is 12.2 Å². The number of para-hydroxylation sites is 1. The van der Waals surface area contributed by atoms with Crippen LogP contribution in [0.3, 0.4) is 0 Å². The van der Waals surface area contributed by atoms with Crippen molar-refractivity contribution in [1.82, 2.24) is 4.98 Å². The smallest absolute Gasteiger partial charge is 0.105 e. The zero-order valence-corrected chi connectivity index (χ0v) is 10.6. The number of benzene rings is 1. The van der Waals surface area contributed by atoms with Gasteiger partial charge in [-0.05, 0) is 37.3 Å². The summed E-state index contributed by atoms with van der Waals surface area (Å²) in [5, 5.41) is 1.11. The minimum absolute atomic E-state index is 0.501. The number of nitrogens with two attached hydrogens (primary N) is 1. The van der Waals surface area contributed by atoms with E-state index in [1.165, 1.54) is 16.8 Å². The fourth-order valence-corrected chi connectivity index (χ4v) is 2.94. The number of thiocarbonyl (C=S) groups is 1. The second kappa shape index (κ2) is 3.77. The topological polar surface area (TPSA) is 38.9 Å². The summed E-state index contributed by atoms with van der Waals surface area (Å²) in [4.78, 5) is 5.28.